The van der Waals surface area contributed by atoms with Crippen LogP contribution in [0.2, 0.25) is 0 Å². The van der Waals surface area contributed by atoms with E-state index in [0.29, 0.717) is 6.54 Å². The van der Waals surface area contributed by atoms with E-state index in [0.717, 1.165) is 6.29 Å². The average Bonchev–Trinajstić information content (AvgIpc) is 1.97. The third-order valence-electron chi connectivity index (χ3n) is 1.13. The molecule has 64 valence electrons. The van der Waals surface area contributed by atoms with Crippen LogP contribution in [0.25, 0.3) is 0 Å². The van der Waals surface area contributed by atoms with Crippen molar-refractivity contribution >= 4 is 12.2 Å². The number of primary amides is 1. The highest BCUT2D eigenvalue weighted by Crippen LogP contribution is 1.72. The van der Waals surface area contributed by atoms with Gasteiger partial charge < -0.3 is 15.8 Å². The second-order valence-corrected chi connectivity index (χ2v) is 2.15. The molecule has 5 heteroatoms. The van der Waals surface area contributed by atoms with Crippen molar-refractivity contribution in [1.82, 2.24) is 10.6 Å². The molecule has 0 aromatic heterocycles. The van der Waals surface area contributed by atoms with Crippen LogP contribution in [-0.2, 0) is 9.59 Å². The standard InChI is InChI=1S/C6H13N3O2/c1-8-2-5(4-10)9-3-6(7)11/h4-5,8-9H,2-3H2,1H3,(H2,7,11). The Bertz CT molecular complexity index is 138. The molecule has 0 fully saturated rings. The van der Waals surface area contributed by atoms with Gasteiger partial charge in [-0.15, -0.1) is 0 Å². The first-order valence-corrected chi connectivity index (χ1v) is 3.32. The topological polar surface area (TPSA) is 84.2 Å². The maximum atomic E-state index is 10.3. The fraction of sp³-hybridized carbons (Fsp3) is 0.667. The lowest BCUT2D eigenvalue weighted by Crippen LogP contribution is -2.42. The Kier molecular flexibility index (Phi) is 5.32. The molecule has 11 heavy (non-hydrogen) atoms. The van der Waals surface area contributed by atoms with Crippen LogP contribution in [0.3, 0.4) is 0 Å². The maximum absolute atomic E-state index is 10.3. The van der Waals surface area contributed by atoms with E-state index in [1.165, 1.54) is 0 Å². The minimum Gasteiger partial charge on any atom is -0.369 e. The summed E-state index contributed by atoms with van der Waals surface area (Å²) in [4.78, 5) is 20.5. The Labute approximate surface area is 65.3 Å². The zero-order valence-corrected chi connectivity index (χ0v) is 6.46. The molecule has 0 rings (SSSR count). The molecule has 0 aromatic carbocycles. The summed E-state index contributed by atoms with van der Waals surface area (Å²) in [6.07, 6.45) is 0.736. The summed E-state index contributed by atoms with van der Waals surface area (Å²) in [5.74, 6) is -0.465. The zero-order valence-electron chi connectivity index (χ0n) is 6.46. The highest BCUT2D eigenvalue weighted by molar-refractivity contribution is 5.76. The van der Waals surface area contributed by atoms with Gasteiger partial charge in [-0.05, 0) is 7.05 Å². The lowest BCUT2D eigenvalue weighted by atomic mass is 10.3. The molecule has 1 unspecified atom stereocenters. The van der Waals surface area contributed by atoms with E-state index in [1.807, 2.05) is 0 Å². The van der Waals surface area contributed by atoms with Gasteiger partial charge >= 0.3 is 0 Å². The lowest BCUT2D eigenvalue weighted by Gasteiger charge is -2.09. The van der Waals surface area contributed by atoms with Crippen molar-refractivity contribution in [2.75, 3.05) is 20.1 Å². The minimum atomic E-state index is -0.465. The Morgan fingerprint density at radius 3 is 2.73 bits per heavy atom. The van der Waals surface area contributed by atoms with Gasteiger partial charge in [-0.1, -0.05) is 0 Å². The Balaban J connectivity index is 3.51. The third kappa shape index (κ3) is 5.50. The molecule has 0 radical (unpaired) electrons. The monoisotopic (exact) mass is 159 g/mol. The highest BCUT2D eigenvalue weighted by atomic mass is 16.1. The molecule has 0 saturated carbocycles. The van der Waals surface area contributed by atoms with Gasteiger partial charge in [0.25, 0.3) is 0 Å². The smallest absolute Gasteiger partial charge is 0.231 e. The van der Waals surface area contributed by atoms with Gasteiger partial charge in [-0.2, -0.15) is 0 Å². The molecule has 0 heterocycles. The predicted molar refractivity (Wildman–Crippen MR) is 41.0 cm³/mol. The maximum Gasteiger partial charge on any atom is 0.231 e. The van der Waals surface area contributed by atoms with Crippen molar-refractivity contribution in [2.45, 2.75) is 6.04 Å². The summed E-state index contributed by atoms with van der Waals surface area (Å²) in [5, 5.41) is 5.46. The molecule has 1 amide bonds. The first-order valence-electron chi connectivity index (χ1n) is 3.32. The van der Waals surface area contributed by atoms with Crippen molar-refractivity contribution in [1.29, 1.82) is 0 Å². The summed E-state index contributed by atoms with van der Waals surface area (Å²) in [7, 11) is 1.72. The van der Waals surface area contributed by atoms with Crippen molar-refractivity contribution < 1.29 is 9.59 Å². The van der Waals surface area contributed by atoms with Crippen molar-refractivity contribution in [3.63, 3.8) is 0 Å². The molecule has 0 spiro atoms. The zero-order chi connectivity index (χ0) is 8.69. The minimum absolute atomic E-state index is 0.0328. The molecule has 0 aliphatic rings. The van der Waals surface area contributed by atoms with Crippen LogP contribution in [0.5, 0.6) is 0 Å². The molecule has 0 aromatic rings. The van der Waals surface area contributed by atoms with Crippen molar-refractivity contribution in [3.05, 3.63) is 0 Å². The number of hydrogen-bond acceptors (Lipinski definition) is 4. The van der Waals surface area contributed by atoms with Crippen LogP contribution >= 0.6 is 0 Å². The van der Waals surface area contributed by atoms with Gasteiger partial charge in [0.15, 0.2) is 0 Å². The van der Waals surface area contributed by atoms with Crippen molar-refractivity contribution in [3.8, 4) is 0 Å². The lowest BCUT2D eigenvalue weighted by molar-refractivity contribution is -0.117. The first-order chi connectivity index (χ1) is 5.20. The molecule has 5 nitrogen and oxygen atoms in total. The first kappa shape index (κ1) is 10.1. The molecular weight excluding hydrogens is 146 g/mol. The summed E-state index contributed by atoms with van der Waals surface area (Å²) in [6, 6.07) is -0.340. The van der Waals surface area contributed by atoms with E-state index in [1.54, 1.807) is 7.05 Å². The van der Waals surface area contributed by atoms with Gasteiger partial charge in [0.05, 0.1) is 12.6 Å². The Morgan fingerprint density at radius 1 is 1.73 bits per heavy atom. The number of carbonyl (C=O) groups excluding carboxylic acids is 2. The fourth-order valence-corrected chi connectivity index (χ4v) is 0.620. The molecule has 1 atom stereocenters. The van der Waals surface area contributed by atoms with Gasteiger partial charge in [0.1, 0.15) is 6.29 Å². The van der Waals surface area contributed by atoms with Gasteiger partial charge in [0.2, 0.25) is 5.91 Å². The Morgan fingerprint density at radius 2 is 2.36 bits per heavy atom. The van der Waals surface area contributed by atoms with Crippen molar-refractivity contribution in [2.24, 2.45) is 5.73 Å². The molecule has 4 N–H and O–H groups in total. The number of aldehydes is 1. The largest absolute Gasteiger partial charge is 0.369 e. The number of likely N-dealkylation sites (N-methyl/N-ethyl adjacent to an activating group) is 1. The molecular formula is C6H13N3O2. The predicted octanol–water partition coefficient (Wildman–Crippen LogP) is -2.15. The summed E-state index contributed by atoms with van der Waals surface area (Å²) < 4.78 is 0. The number of nitrogens with one attached hydrogen (secondary N) is 2. The normalized spacial score (nSPS) is 12.5. The second-order valence-electron chi connectivity index (χ2n) is 2.15. The summed E-state index contributed by atoms with van der Waals surface area (Å²) in [6.45, 7) is 0.530. The van der Waals surface area contributed by atoms with Crippen LogP contribution in [0.1, 0.15) is 0 Å². The molecule has 0 aliphatic carbocycles. The van der Waals surface area contributed by atoms with Crippen LogP contribution < -0.4 is 16.4 Å². The number of nitrogens with two attached hydrogens (primary N) is 1. The quantitative estimate of drug-likeness (QED) is 0.386. The van der Waals surface area contributed by atoms with Crippen LogP contribution in [-0.4, -0.2) is 38.4 Å². The van der Waals surface area contributed by atoms with Gasteiger partial charge in [-0.3, -0.25) is 10.1 Å². The van der Waals surface area contributed by atoms with Crippen LogP contribution in [0.15, 0.2) is 0 Å². The molecule has 0 aliphatic heterocycles. The molecule has 0 bridgehead atoms. The molecule has 0 saturated heterocycles. The van der Waals surface area contributed by atoms with Gasteiger partial charge in [-0.25, -0.2) is 0 Å². The van der Waals surface area contributed by atoms with E-state index in [2.05, 4.69) is 10.6 Å². The number of carbonyl (C=O) groups is 2. The highest BCUT2D eigenvalue weighted by Gasteiger charge is 2.04. The summed E-state index contributed by atoms with van der Waals surface area (Å²) >= 11 is 0. The van der Waals surface area contributed by atoms with Crippen LogP contribution in [0, 0.1) is 0 Å². The van der Waals surface area contributed by atoms with Gasteiger partial charge in [0, 0.05) is 6.54 Å². The van der Waals surface area contributed by atoms with E-state index >= 15 is 0 Å². The van der Waals surface area contributed by atoms with E-state index in [4.69, 9.17) is 5.73 Å². The fourth-order valence-electron chi connectivity index (χ4n) is 0.620. The SMILES string of the molecule is CNCC(C=O)NCC(N)=O. The average molecular weight is 159 g/mol. The van der Waals surface area contributed by atoms with E-state index < -0.39 is 5.91 Å². The number of rotatable bonds is 6. The summed E-state index contributed by atoms with van der Waals surface area (Å²) in [5.41, 5.74) is 4.85. The third-order valence-corrected chi connectivity index (χ3v) is 1.13. The number of amides is 1. The van der Waals surface area contributed by atoms with E-state index in [-0.39, 0.29) is 12.6 Å². The number of hydrogen-bond donors (Lipinski definition) is 3. The second kappa shape index (κ2) is 5.82. The van der Waals surface area contributed by atoms with Crippen LogP contribution in [0.4, 0.5) is 0 Å². The Hall–Kier alpha value is -0.940. The van der Waals surface area contributed by atoms with E-state index in [9.17, 15) is 9.59 Å².